The van der Waals surface area contributed by atoms with Crippen molar-refractivity contribution >= 4 is 18.0 Å². The van der Waals surface area contributed by atoms with E-state index >= 15 is 0 Å². The van der Waals surface area contributed by atoms with E-state index in [9.17, 15) is 14.9 Å². The van der Waals surface area contributed by atoms with Crippen LogP contribution in [-0.4, -0.2) is 18.0 Å². The molecule has 5 rings (SSSR count). The van der Waals surface area contributed by atoms with Crippen LogP contribution in [0, 0.1) is 39.9 Å². The number of rotatable bonds is 4. The summed E-state index contributed by atoms with van der Waals surface area (Å²) in [5.41, 5.74) is 11.6. The number of primary amides is 1. The van der Waals surface area contributed by atoms with Crippen molar-refractivity contribution in [3.05, 3.63) is 63.8 Å². The van der Waals surface area contributed by atoms with Gasteiger partial charge in [-0.05, 0) is 95.3 Å². The van der Waals surface area contributed by atoms with Crippen LogP contribution in [0.5, 0.6) is 0 Å². The van der Waals surface area contributed by atoms with Crippen LogP contribution >= 0.6 is 0 Å². The Balaban J connectivity index is 1.53. The van der Waals surface area contributed by atoms with E-state index in [1.807, 2.05) is 0 Å². The van der Waals surface area contributed by atoms with Gasteiger partial charge in [0.2, 0.25) is 0 Å². The molecule has 5 heteroatoms. The van der Waals surface area contributed by atoms with Gasteiger partial charge in [0.1, 0.15) is 17.7 Å². The van der Waals surface area contributed by atoms with Gasteiger partial charge in [-0.3, -0.25) is 9.59 Å². The molecular weight excluding hydrogens is 484 g/mol. The summed E-state index contributed by atoms with van der Waals surface area (Å²) in [6.45, 7) is 10.6. The van der Waals surface area contributed by atoms with Crippen LogP contribution in [0.25, 0.3) is 6.08 Å². The van der Waals surface area contributed by atoms with Crippen molar-refractivity contribution in [3.63, 3.8) is 0 Å². The molecule has 0 unspecified atom stereocenters. The zero-order valence-corrected chi connectivity index (χ0v) is 24.0. The lowest BCUT2D eigenvalue weighted by atomic mass is 9.47. The minimum Gasteiger partial charge on any atom is -0.462 e. The maximum Gasteiger partial charge on any atom is 0.302 e. The maximum absolute atomic E-state index is 12.5. The molecule has 0 aliphatic heterocycles. The first kappa shape index (κ1) is 27.4. The second-order valence-electron chi connectivity index (χ2n) is 13.1. The molecule has 0 saturated heterocycles. The number of carbonyl (C=O) groups excluding carboxylic acids is 2. The van der Waals surface area contributed by atoms with Crippen LogP contribution in [0.3, 0.4) is 0 Å². The van der Waals surface area contributed by atoms with Gasteiger partial charge >= 0.3 is 5.97 Å². The lowest BCUT2D eigenvalue weighted by Crippen LogP contribution is -2.50. The summed E-state index contributed by atoms with van der Waals surface area (Å²) in [6.07, 6.45) is 11.2. The molecule has 0 bridgehead atoms. The molecule has 206 valence electrons. The Bertz CT molecular complexity index is 1310. The molecule has 0 radical (unpaired) electrons. The average Bonchev–Trinajstić information content (AvgIpc) is 3.16. The quantitative estimate of drug-likeness (QED) is 0.198. The zero-order valence-electron chi connectivity index (χ0n) is 24.0. The standard InChI is InChI=1S/C34H42N2O3/c1-20(2)23-8-6-22(7-9-23)16-24-17-30-27-11-10-25-18-26(39-21(3)37)12-14-33(25,4)29(27)13-15-34(30,5)31(24)28(19-35)32(36)38/h6-10,16,20,26-27,29-30H,11-15,17-18H2,1-5H3,(H2,36,38)/b24-16+,31-28-/t26-,27+,29-,30-,33-,34-/m0/s1. The first-order valence-corrected chi connectivity index (χ1v) is 14.6. The van der Waals surface area contributed by atoms with Gasteiger partial charge in [0.15, 0.2) is 0 Å². The first-order valence-electron chi connectivity index (χ1n) is 14.6. The van der Waals surface area contributed by atoms with E-state index < -0.39 is 5.91 Å². The van der Waals surface area contributed by atoms with Gasteiger partial charge in [0.25, 0.3) is 5.91 Å². The highest BCUT2D eigenvalue weighted by Gasteiger charge is 2.59. The number of esters is 1. The number of fused-ring (bicyclic) bond motifs is 5. The second kappa shape index (κ2) is 10.1. The van der Waals surface area contributed by atoms with Crippen molar-refractivity contribution in [3.8, 4) is 6.07 Å². The highest BCUT2D eigenvalue weighted by Crippen LogP contribution is 2.67. The van der Waals surface area contributed by atoms with Crippen LogP contribution in [0.2, 0.25) is 0 Å². The van der Waals surface area contributed by atoms with Crippen LogP contribution in [0.15, 0.2) is 52.6 Å². The lowest BCUT2D eigenvalue weighted by molar-refractivity contribution is -0.148. The van der Waals surface area contributed by atoms with E-state index in [1.165, 1.54) is 18.1 Å². The maximum atomic E-state index is 12.5. The third-order valence-electron chi connectivity index (χ3n) is 10.7. The predicted molar refractivity (Wildman–Crippen MR) is 153 cm³/mol. The largest absolute Gasteiger partial charge is 0.462 e. The molecule has 3 saturated carbocycles. The highest BCUT2D eigenvalue weighted by molar-refractivity contribution is 5.98. The van der Waals surface area contributed by atoms with E-state index in [4.69, 9.17) is 10.5 Å². The van der Waals surface area contributed by atoms with Gasteiger partial charge in [0, 0.05) is 13.3 Å². The number of ether oxygens (including phenoxy) is 1. The molecule has 3 fully saturated rings. The Morgan fingerprint density at radius 2 is 1.77 bits per heavy atom. The summed E-state index contributed by atoms with van der Waals surface area (Å²) in [4.78, 5) is 24.1. The fourth-order valence-corrected chi connectivity index (χ4v) is 8.67. The molecule has 1 aromatic carbocycles. The van der Waals surface area contributed by atoms with E-state index in [0.717, 1.165) is 61.7 Å². The highest BCUT2D eigenvalue weighted by atomic mass is 16.5. The second-order valence-corrected chi connectivity index (χ2v) is 13.1. The number of hydrogen-bond donors (Lipinski definition) is 1. The predicted octanol–water partition coefficient (Wildman–Crippen LogP) is 7.00. The Labute approximate surface area is 233 Å². The first-order chi connectivity index (χ1) is 18.5. The summed E-state index contributed by atoms with van der Waals surface area (Å²) in [6, 6.07) is 10.8. The molecule has 6 atom stereocenters. The van der Waals surface area contributed by atoms with Crippen molar-refractivity contribution in [1.29, 1.82) is 5.26 Å². The van der Waals surface area contributed by atoms with Crippen molar-refractivity contribution in [1.82, 2.24) is 0 Å². The normalized spacial score (nSPS) is 35.8. The minimum absolute atomic E-state index is 0.0152. The summed E-state index contributed by atoms with van der Waals surface area (Å²) < 4.78 is 5.61. The summed E-state index contributed by atoms with van der Waals surface area (Å²) >= 11 is 0. The monoisotopic (exact) mass is 526 g/mol. The van der Waals surface area contributed by atoms with E-state index in [2.05, 4.69) is 70.2 Å². The molecule has 0 heterocycles. The van der Waals surface area contributed by atoms with Gasteiger partial charge in [-0.15, -0.1) is 0 Å². The van der Waals surface area contributed by atoms with Crippen LogP contribution < -0.4 is 5.73 Å². The Morgan fingerprint density at radius 3 is 2.38 bits per heavy atom. The van der Waals surface area contributed by atoms with Gasteiger partial charge in [-0.1, -0.05) is 69.7 Å². The number of benzene rings is 1. The van der Waals surface area contributed by atoms with Crippen LogP contribution in [0.1, 0.15) is 96.6 Å². The Morgan fingerprint density at radius 1 is 1.08 bits per heavy atom. The van der Waals surface area contributed by atoms with Crippen molar-refractivity contribution < 1.29 is 14.3 Å². The summed E-state index contributed by atoms with van der Waals surface area (Å²) in [5, 5.41) is 10.1. The number of hydrogen-bond acceptors (Lipinski definition) is 4. The lowest BCUT2D eigenvalue weighted by Gasteiger charge is -2.57. The molecule has 4 aliphatic rings. The zero-order chi connectivity index (χ0) is 28.1. The van der Waals surface area contributed by atoms with Gasteiger partial charge < -0.3 is 10.5 Å². The average molecular weight is 527 g/mol. The molecule has 0 aromatic heterocycles. The van der Waals surface area contributed by atoms with Gasteiger partial charge in [-0.2, -0.15) is 5.26 Å². The number of allylic oxidation sites excluding steroid dienone is 3. The molecule has 39 heavy (non-hydrogen) atoms. The number of nitrogens with zero attached hydrogens (tertiary/aromatic N) is 1. The molecule has 5 nitrogen and oxygen atoms in total. The fraction of sp³-hybridized carbons (Fsp3) is 0.559. The topological polar surface area (TPSA) is 93.2 Å². The van der Waals surface area contributed by atoms with E-state index in [-0.39, 0.29) is 28.5 Å². The third-order valence-corrected chi connectivity index (χ3v) is 10.7. The van der Waals surface area contributed by atoms with Crippen LogP contribution in [-0.2, 0) is 14.3 Å². The van der Waals surface area contributed by atoms with Crippen molar-refractivity contribution in [2.45, 2.75) is 91.6 Å². The van der Waals surface area contributed by atoms with Gasteiger partial charge in [0.05, 0.1) is 0 Å². The number of carbonyl (C=O) groups is 2. The molecular formula is C34H42N2O3. The molecule has 4 aliphatic carbocycles. The third kappa shape index (κ3) is 4.66. The van der Waals surface area contributed by atoms with Gasteiger partial charge in [-0.25, -0.2) is 0 Å². The summed E-state index contributed by atoms with van der Waals surface area (Å²) in [7, 11) is 0. The van der Waals surface area contributed by atoms with E-state index in [1.54, 1.807) is 0 Å². The summed E-state index contributed by atoms with van der Waals surface area (Å²) in [5.74, 6) is 0.994. The smallest absolute Gasteiger partial charge is 0.302 e. The Hall–Kier alpha value is -3.13. The number of nitriles is 1. The molecule has 1 amide bonds. The SMILES string of the molecule is CC(=O)O[C@H]1CC[C@@]2(C)C(=CC[C@@H]3[C@@H]2CC[C@]2(C)C(=C(/C#N)C(N)=O)/C(=C/c4ccc(C(C)C)cc4)C[C@@H]32)C1. The number of nitrogens with two attached hydrogens (primary N) is 1. The molecule has 2 N–H and O–H groups in total. The van der Waals surface area contributed by atoms with Crippen LogP contribution in [0.4, 0.5) is 0 Å². The van der Waals surface area contributed by atoms with E-state index in [0.29, 0.717) is 23.7 Å². The van der Waals surface area contributed by atoms with Crippen molar-refractivity contribution in [2.75, 3.05) is 0 Å². The minimum atomic E-state index is -0.626. The molecule has 0 spiro atoms. The van der Waals surface area contributed by atoms with Crippen molar-refractivity contribution in [2.24, 2.45) is 34.3 Å². The molecule has 1 aromatic rings. The Kier molecular flexibility index (Phi) is 7.12. The number of amides is 1. The fourth-order valence-electron chi connectivity index (χ4n) is 8.67.